The molecular formula is C22H30N2O2. The van der Waals surface area contributed by atoms with Crippen molar-refractivity contribution in [3.05, 3.63) is 35.4 Å². The Morgan fingerprint density at radius 1 is 1.08 bits per heavy atom. The number of hydrogen-bond acceptors (Lipinski definition) is 2. The summed E-state index contributed by atoms with van der Waals surface area (Å²) in [6.07, 6.45) is 7.05. The average Bonchev–Trinajstić information content (AvgIpc) is 2.59. The highest BCUT2D eigenvalue weighted by molar-refractivity contribution is 5.90. The Balaban J connectivity index is 1.34. The Bertz CT molecular complexity index is 677. The minimum atomic E-state index is -0.487. The van der Waals surface area contributed by atoms with Crippen LogP contribution in [0, 0.1) is 30.1 Å². The third kappa shape index (κ3) is 3.26. The summed E-state index contributed by atoms with van der Waals surface area (Å²) in [5.74, 6) is 2.22. The molecule has 0 spiro atoms. The van der Waals surface area contributed by atoms with E-state index in [0.717, 1.165) is 48.1 Å². The number of carbonyl (C=O) groups excluding carboxylic acids is 2. The summed E-state index contributed by atoms with van der Waals surface area (Å²) in [5.41, 5.74) is 2.08. The second-order valence-corrected chi connectivity index (χ2v) is 9.04. The molecule has 4 nitrogen and oxygen atoms in total. The highest BCUT2D eigenvalue weighted by Gasteiger charge is 2.54. The first kappa shape index (κ1) is 17.6. The van der Waals surface area contributed by atoms with E-state index in [4.69, 9.17) is 0 Å². The molecule has 1 aromatic carbocycles. The molecule has 1 atom stereocenters. The molecule has 1 aromatic rings. The number of aryl methyl sites for hydroxylation is 1. The second kappa shape index (κ2) is 6.71. The van der Waals surface area contributed by atoms with E-state index < -0.39 is 6.04 Å². The molecule has 0 heterocycles. The average molecular weight is 354 g/mol. The summed E-state index contributed by atoms with van der Waals surface area (Å²) in [6.45, 7) is 4.34. The van der Waals surface area contributed by atoms with Gasteiger partial charge in [-0.25, -0.2) is 0 Å². The van der Waals surface area contributed by atoms with Crippen molar-refractivity contribution in [2.24, 2.45) is 23.2 Å². The van der Waals surface area contributed by atoms with E-state index >= 15 is 0 Å². The van der Waals surface area contributed by atoms with Crippen molar-refractivity contribution >= 4 is 11.8 Å². The Morgan fingerprint density at radius 3 is 2.23 bits per heavy atom. The standard InChI is InChI=1S/C22H30N2O2/c1-14-5-3-4-6-19(14)13-23-20(25)15(2)24-21(26)22-10-16-7-17(11-22)9-18(8-16)12-22/h3-6,15-18H,7-13H2,1-2H3,(H,23,25)(H,24,26)/t15-,16?,17?,18?,22?/m0/s1. The maximum Gasteiger partial charge on any atom is 0.242 e. The Hall–Kier alpha value is -1.84. The number of hydrogen-bond donors (Lipinski definition) is 2. The zero-order valence-electron chi connectivity index (χ0n) is 15.9. The molecule has 4 heteroatoms. The van der Waals surface area contributed by atoms with Crippen molar-refractivity contribution in [3.8, 4) is 0 Å². The van der Waals surface area contributed by atoms with E-state index in [1.807, 2.05) is 31.2 Å². The molecule has 0 aromatic heterocycles. The van der Waals surface area contributed by atoms with Crippen molar-refractivity contribution in [3.63, 3.8) is 0 Å². The number of benzene rings is 1. The van der Waals surface area contributed by atoms with Crippen molar-refractivity contribution < 1.29 is 9.59 Å². The van der Waals surface area contributed by atoms with Gasteiger partial charge in [0.2, 0.25) is 11.8 Å². The summed E-state index contributed by atoms with van der Waals surface area (Å²) < 4.78 is 0. The highest BCUT2D eigenvalue weighted by atomic mass is 16.2. The highest BCUT2D eigenvalue weighted by Crippen LogP contribution is 2.60. The zero-order chi connectivity index (χ0) is 18.3. The number of amides is 2. The second-order valence-electron chi connectivity index (χ2n) is 9.04. The van der Waals surface area contributed by atoms with Gasteiger partial charge in [-0.1, -0.05) is 24.3 Å². The van der Waals surface area contributed by atoms with Gasteiger partial charge in [-0.15, -0.1) is 0 Å². The molecule has 2 N–H and O–H groups in total. The van der Waals surface area contributed by atoms with Crippen LogP contribution in [0.25, 0.3) is 0 Å². The van der Waals surface area contributed by atoms with Crippen LogP contribution in [-0.4, -0.2) is 17.9 Å². The third-order valence-corrected chi connectivity index (χ3v) is 6.98. The van der Waals surface area contributed by atoms with Crippen LogP contribution in [0.5, 0.6) is 0 Å². The van der Waals surface area contributed by atoms with Gasteiger partial charge < -0.3 is 10.6 Å². The van der Waals surface area contributed by atoms with Crippen LogP contribution in [0.2, 0.25) is 0 Å². The van der Waals surface area contributed by atoms with Crippen LogP contribution in [0.3, 0.4) is 0 Å². The van der Waals surface area contributed by atoms with Crippen LogP contribution < -0.4 is 10.6 Å². The Labute approximate surface area is 156 Å². The molecule has 4 aliphatic rings. The molecule has 0 unspecified atom stereocenters. The van der Waals surface area contributed by atoms with Gasteiger partial charge in [0, 0.05) is 12.0 Å². The first-order valence-electron chi connectivity index (χ1n) is 10.1. The molecule has 4 fully saturated rings. The topological polar surface area (TPSA) is 58.2 Å². The van der Waals surface area contributed by atoms with Gasteiger partial charge in [0.1, 0.15) is 6.04 Å². The normalized spacial score (nSPS) is 32.9. The van der Waals surface area contributed by atoms with Crippen molar-refractivity contribution in [1.29, 1.82) is 0 Å². The number of nitrogens with one attached hydrogen (secondary N) is 2. The molecule has 140 valence electrons. The third-order valence-electron chi connectivity index (χ3n) is 6.98. The summed E-state index contributed by atoms with van der Waals surface area (Å²) >= 11 is 0. The summed E-state index contributed by atoms with van der Waals surface area (Å²) in [5, 5.41) is 6.00. The molecule has 5 rings (SSSR count). The summed E-state index contributed by atoms with van der Waals surface area (Å²) in [7, 11) is 0. The Kier molecular flexibility index (Phi) is 4.54. The van der Waals surface area contributed by atoms with Crippen molar-refractivity contribution in [2.45, 2.75) is 65.0 Å². The molecule has 4 bridgehead atoms. The fourth-order valence-corrected chi connectivity index (χ4v) is 5.95. The van der Waals surface area contributed by atoms with Crippen molar-refractivity contribution in [2.75, 3.05) is 0 Å². The van der Waals surface area contributed by atoms with E-state index in [1.165, 1.54) is 19.3 Å². The van der Waals surface area contributed by atoms with Gasteiger partial charge in [0.25, 0.3) is 0 Å². The molecule has 0 saturated heterocycles. The van der Waals surface area contributed by atoms with Gasteiger partial charge in [0.05, 0.1) is 0 Å². The smallest absolute Gasteiger partial charge is 0.242 e. The monoisotopic (exact) mass is 354 g/mol. The van der Waals surface area contributed by atoms with Gasteiger partial charge >= 0.3 is 0 Å². The van der Waals surface area contributed by atoms with Crippen LogP contribution in [0.15, 0.2) is 24.3 Å². The molecule has 2 amide bonds. The molecule has 4 aliphatic carbocycles. The molecule has 0 radical (unpaired) electrons. The fraction of sp³-hybridized carbons (Fsp3) is 0.636. The predicted molar refractivity (Wildman–Crippen MR) is 101 cm³/mol. The van der Waals surface area contributed by atoms with Crippen LogP contribution in [-0.2, 0) is 16.1 Å². The van der Waals surface area contributed by atoms with Gasteiger partial charge in [-0.3, -0.25) is 9.59 Å². The van der Waals surface area contributed by atoms with Crippen LogP contribution >= 0.6 is 0 Å². The lowest BCUT2D eigenvalue weighted by Crippen LogP contribution is -2.56. The zero-order valence-corrected chi connectivity index (χ0v) is 15.9. The van der Waals surface area contributed by atoms with Crippen molar-refractivity contribution in [1.82, 2.24) is 10.6 Å². The van der Waals surface area contributed by atoms with E-state index in [0.29, 0.717) is 6.54 Å². The lowest BCUT2D eigenvalue weighted by Gasteiger charge is -2.55. The van der Waals surface area contributed by atoms with E-state index in [2.05, 4.69) is 10.6 Å². The largest absolute Gasteiger partial charge is 0.350 e. The maximum absolute atomic E-state index is 13.0. The summed E-state index contributed by atoms with van der Waals surface area (Å²) in [4.78, 5) is 25.5. The van der Waals surface area contributed by atoms with Crippen LogP contribution in [0.4, 0.5) is 0 Å². The Morgan fingerprint density at radius 2 is 1.65 bits per heavy atom. The van der Waals surface area contributed by atoms with Crippen LogP contribution in [0.1, 0.15) is 56.6 Å². The summed E-state index contributed by atoms with van der Waals surface area (Å²) in [6, 6.07) is 7.55. The van der Waals surface area contributed by atoms with E-state index in [9.17, 15) is 9.59 Å². The quantitative estimate of drug-likeness (QED) is 0.852. The number of rotatable bonds is 5. The SMILES string of the molecule is Cc1ccccc1CNC(=O)[C@H](C)NC(=O)C12CC3CC(CC(C3)C1)C2. The lowest BCUT2D eigenvalue weighted by molar-refractivity contribution is -0.148. The van der Waals surface area contributed by atoms with Gasteiger partial charge in [0.15, 0.2) is 0 Å². The lowest BCUT2D eigenvalue weighted by atomic mass is 9.49. The van der Waals surface area contributed by atoms with E-state index in [1.54, 1.807) is 6.92 Å². The molecule has 4 saturated carbocycles. The minimum absolute atomic E-state index is 0.105. The maximum atomic E-state index is 13.0. The minimum Gasteiger partial charge on any atom is -0.350 e. The fourth-order valence-electron chi connectivity index (χ4n) is 5.95. The molecule has 26 heavy (non-hydrogen) atoms. The number of carbonyl (C=O) groups is 2. The molecular weight excluding hydrogens is 324 g/mol. The van der Waals surface area contributed by atoms with Gasteiger partial charge in [-0.05, 0) is 81.3 Å². The van der Waals surface area contributed by atoms with Gasteiger partial charge in [-0.2, -0.15) is 0 Å². The predicted octanol–water partition coefficient (Wildman–Crippen LogP) is 3.33. The first-order valence-corrected chi connectivity index (χ1v) is 10.1. The van der Waals surface area contributed by atoms with E-state index in [-0.39, 0.29) is 17.2 Å². The molecule has 0 aliphatic heterocycles. The first-order chi connectivity index (χ1) is 12.4.